The molecule has 1 rings (SSSR count). The van der Waals surface area contributed by atoms with Crippen LogP contribution in [0.4, 0.5) is 10.1 Å². The maximum Gasteiger partial charge on any atom is 0.125 e. The van der Waals surface area contributed by atoms with E-state index in [9.17, 15) is 14.3 Å². The van der Waals surface area contributed by atoms with Crippen LogP contribution >= 0.6 is 0 Å². The van der Waals surface area contributed by atoms with E-state index in [0.717, 1.165) is 11.1 Å². The Labute approximate surface area is 74.4 Å². The van der Waals surface area contributed by atoms with E-state index in [2.05, 4.69) is 0 Å². The smallest absolute Gasteiger partial charge is 0.125 e. The summed E-state index contributed by atoms with van der Waals surface area (Å²) in [5.41, 5.74) is 0.296. The van der Waals surface area contributed by atoms with Gasteiger partial charge in [0.15, 0.2) is 0 Å². The van der Waals surface area contributed by atoms with Crippen LogP contribution in [0.3, 0.4) is 0 Å². The van der Waals surface area contributed by atoms with Crippen molar-refractivity contribution in [3.8, 4) is 0 Å². The number of hydrazine groups is 1. The third kappa shape index (κ3) is 2.72. The number of carboxylic acid groups (broad SMARTS) is 1. The molecule has 0 amide bonds. The fourth-order valence-corrected chi connectivity index (χ4v) is 0.885. The first-order valence-corrected chi connectivity index (χ1v) is 3.57. The Kier molecular flexibility index (Phi) is 2.81. The highest BCUT2D eigenvalue weighted by Crippen LogP contribution is 2.11. The van der Waals surface area contributed by atoms with E-state index in [4.69, 9.17) is 5.84 Å². The number of carbonyl (C=O) groups is 1. The van der Waals surface area contributed by atoms with Crippen LogP contribution in [0.2, 0.25) is 0 Å². The van der Waals surface area contributed by atoms with Crippen molar-refractivity contribution in [1.29, 1.82) is 0 Å². The van der Waals surface area contributed by atoms with Gasteiger partial charge < -0.3 is 14.9 Å². The summed E-state index contributed by atoms with van der Waals surface area (Å²) in [5.74, 6) is 3.53. The number of nitrogens with zero attached hydrogens (tertiary/aromatic N) is 1. The fraction of sp³-hybridized carbons (Fsp3) is 0.125. The highest BCUT2D eigenvalue weighted by Gasteiger charge is 2.01. The standard InChI is InChI=1S/C8H9FN2O2/c9-6-2-1-3-7(4-6)11(10)5-8(12)13/h1-4H,5,10H2,(H,12,13)/p-1. The van der Waals surface area contributed by atoms with Crippen LogP contribution in [0.5, 0.6) is 0 Å². The predicted molar refractivity (Wildman–Crippen MR) is 42.9 cm³/mol. The minimum Gasteiger partial charge on any atom is -0.548 e. The summed E-state index contributed by atoms with van der Waals surface area (Å²) in [6.07, 6.45) is 0. The molecule has 0 aliphatic carbocycles. The number of carbonyl (C=O) groups excluding carboxylic acids is 1. The zero-order valence-electron chi connectivity index (χ0n) is 6.74. The van der Waals surface area contributed by atoms with Crippen LogP contribution in [0.1, 0.15) is 0 Å². The van der Waals surface area contributed by atoms with Gasteiger partial charge in [-0.15, -0.1) is 0 Å². The summed E-state index contributed by atoms with van der Waals surface area (Å²) in [5, 5.41) is 11.0. The van der Waals surface area contributed by atoms with E-state index in [-0.39, 0.29) is 0 Å². The maximum absolute atomic E-state index is 12.6. The molecule has 0 aliphatic rings. The van der Waals surface area contributed by atoms with E-state index >= 15 is 0 Å². The van der Waals surface area contributed by atoms with E-state index < -0.39 is 18.3 Å². The van der Waals surface area contributed by atoms with Crippen molar-refractivity contribution in [1.82, 2.24) is 0 Å². The first-order valence-electron chi connectivity index (χ1n) is 3.57. The van der Waals surface area contributed by atoms with Crippen LogP contribution in [-0.4, -0.2) is 12.5 Å². The quantitative estimate of drug-likeness (QED) is 0.494. The van der Waals surface area contributed by atoms with Crippen LogP contribution in [-0.2, 0) is 4.79 Å². The second-order valence-electron chi connectivity index (χ2n) is 2.48. The minimum atomic E-state index is -1.31. The molecule has 5 heteroatoms. The lowest BCUT2D eigenvalue weighted by Gasteiger charge is -2.18. The number of halogens is 1. The molecule has 0 fully saturated rings. The Morgan fingerprint density at radius 2 is 2.31 bits per heavy atom. The third-order valence-electron chi connectivity index (χ3n) is 1.44. The molecule has 4 nitrogen and oxygen atoms in total. The molecule has 1 aromatic rings. The topological polar surface area (TPSA) is 69.4 Å². The van der Waals surface area contributed by atoms with Crippen LogP contribution in [0.15, 0.2) is 24.3 Å². The lowest BCUT2D eigenvalue weighted by atomic mass is 10.3. The molecule has 0 heterocycles. The molecule has 0 aromatic heterocycles. The number of hydrogen-bond acceptors (Lipinski definition) is 4. The molecule has 0 saturated carbocycles. The van der Waals surface area contributed by atoms with E-state index in [0.29, 0.717) is 5.69 Å². The van der Waals surface area contributed by atoms with Gasteiger partial charge in [0.1, 0.15) is 5.82 Å². The van der Waals surface area contributed by atoms with Crippen molar-refractivity contribution >= 4 is 11.7 Å². The molecule has 2 N–H and O–H groups in total. The minimum absolute atomic E-state index is 0.296. The van der Waals surface area contributed by atoms with Crippen LogP contribution < -0.4 is 16.0 Å². The van der Waals surface area contributed by atoms with Gasteiger partial charge in [0, 0.05) is 0 Å². The average molecular weight is 183 g/mol. The van der Waals surface area contributed by atoms with E-state index in [1.165, 1.54) is 18.2 Å². The first-order chi connectivity index (χ1) is 6.09. The van der Waals surface area contributed by atoms with Crippen molar-refractivity contribution in [2.24, 2.45) is 5.84 Å². The molecule has 13 heavy (non-hydrogen) atoms. The zero-order valence-corrected chi connectivity index (χ0v) is 6.74. The van der Waals surface area contributed by atoms with Gasteiger partial charge >= 0.3 is 0 Å². The summed E-state index contributed by atoms with van der Waals surface area (Å²) in [4.78, 5) is 10.1. The normalized spacial score (nSPS) is 9.69. The highest BCUT2D eigenvalue weighted by atomic mass is 19.1. The van der Waals surface area contributed by atoms with Gasteiger partial charge in [-0.3, -0.25) is 0 Å². The number of rotatable bonds is 3. The SMILES string of the molecule is NN(CC(=O)[O-])c1cccc(F)c1. The molecule has 1 aromatic carbocycles. The summed E-state index contributed by atoms with van der Waals surface area (Å²) >= 11 is 0. The Morgan fingerprint density at radius 1 is 1.62 bits per heavy atom. The Balaban J connectivity index is 2.76. The average Bonchev–Trinajstić information content (AvgIpc) is 2.03. The van der Waals surface area contributed by atoms with Gasteiger partial charge in [0.05, 0.1) is 18.2 Å². The molecule has 0 atom stereocenters. The molecule has 0 unspecified atom stereocenters. The van der Waals surface area contributed by atoms with Crippen LogP contribution in [0, 0.1) is 5.82 Å². The summed E-state index contributed by atoms with van der Waals surface area (Å²) in [7, 11) is 0. The van der Waals surface area contributed by atoms with Gasteiger partial charge in [-0.1, -0.05) is 6.07 Å². The Bertz CT molecular complexity index is 317. The van der Waals surface area contributed by atoms with Gasteiger partial charge in [-0.25, -0.2) is 10.2 Å². The second-order valence-corrected chi connectivity index (χ2v) is 2.48. The van der Waals surface area contributed by atoms with Gasteiger partial charge in [0.25, 0.3) is 0 Å². The molecular weight excluding hydrogens is 175 g/mol. The fourth-order valence-electron chi connectivity index (χ4n) is 0.885. The number of benzene rings is 1. The number of aliphatic carboxylic acids is 1. The third-order valence-corrected chi connectivity index (χ3v) is 1.44. The molecule has 0 saturated heterocycles. The first kappa shape index (κ1) is 9.47. The van der Waals surface area contributed by atoms with E-state index in [1.54, 1.807) is 0 Å². The lowest BCUT2D eigenvalue weighted by molar-refractivity contribution is -0.303. The second kappa shape index (κ2) is 3.86. The summed E-state index contributed by atoms with van der Waals surface area (Å²) < 4.78 is 12.6. The number of nitrogens with two attached hydrogens (primary N) is 1. The van der Waals surface area contributed by atoms with Gasteiger partial charge in [-0.05, 0) is 18.2 Å². The number of carboxylic acids is 1. The van der Waals surface area contributed by atoms with Crippen molar-refractivity contribution in [2.75, 3.05) is 11.6 Å². The molecule has 70 valence electrons. The molecule has 0 radical (unpaired) electrons. The van der Waals surface area contributed by atoms with Crippen molar-refractivity contribution in [3.05, 3.63) is 30.1 Å². The number of hydrogen-bond donors (Lipinski definition) is 1. The lowest BCUT2D eigenvalue weighted by Crippen LogP contribution is -2.42. The number of anilines is 1. The summed E-state index contributed by atoms with van der Waals surface area (Å²) in [6.45, 7) is -0.469. The molecular formula is C8H8FN2O2-. The van der Waals surface area contributed by atoms with Crippen molar-refractivity contribution in [2.45, 2.75) is 0 Å². The van der Waals surface area contributed by atoms with E-state index in [1.807, 2.05) is 0 Å². The monoisotopic (exact) mass is 183 g/mol. The predicted octanol–water partition coefficient (Wildman–Crippen LogP) is -0.744. The maximum atomic E-state index is 12.6. The Hall–Kier alpha value is -1.62. The molecule has 0 aliphatic heterocycles. The van der Waals surface area contributed by atoms with Gasteiger partial charge in [0.2, 0.25) is 0 Å². The van der Waals surface area contributed by atoms with Crippen molar-refractivity contribution < 1.29 is 14.3 Å². The Morgan fingerprint density at radius 3 is 2.85 bits per heavy atom. The van der Waals surface area contributed by atoms with Crippen LogP contribution in [0.25, 0.3) is 0 Å². The van der Waals surface area contributed by atoms with Crippen molar-refractivity contribution in [3.63, 3.8) is 0 Å². The zero-order chi connectivity index (χ0) is 9.84. The highest BCUT2D eigenvalue weighted by molar-refractivity contribution is 5.71. The summed E-state index contributed by atoms with van der Waals surface area (Å²) in [6, 6.07) is 5.34. The largest absolute Gasteiger partial charge is 0.548 e. The molecule has 0 bridgehead atoms. The molecule has 0 spiro atoms. The van der Waals surface area contributed by atoms with Gasteiger partial charge in [-0.2, -0.15) is 0 Å².